The van der Waals surface area contributed by atoms with Crippen molar-refractivity contribution < 1.29 is 0 Å². The molecule has 0 aliphatic rings. The third-order valence-electron chi connectivity index (χ3n) is 18.9. The molecule has 22 heteroatoms. The van der Waals surface area contributed by atoms with Crippen LogP contribution in [0, 0.1) is 0 Å². The van der Waals surface area contributed by atoms with Gasteiger partial charge in [0.25, 0.3) is 0 Å². The molecule has 4 aromatic heterocycles. The van der Waals surface area contributed by atoms with Gasteiger partial charge >= 0.3 is 0 Å². The Morgan fingerprint density at radius 2 is 0.640 bits per heavy atom. The van der Waals surface area contributed by atoms with Crippen LogP contribution in [0.2, 0.25) is 0 Å². The maximum Gasteiger partial charge on any atom is 0.240 e. The molecule has 4 heterocycles. The Morgan fingerprint density at radius 3 is 0.960 bits per heavy atom. The van der Waals surface area contributed by atoms with Crippen LogP contribution in [0.5, 0.6) is 0 Å². The Bertz CT molecular complexity index is 4000. The highest BCUT2D eigenvalue weighted by molar-refractivity contribution is 6.73. The minimum atomic E-state index is -0.0238. The first-order valence-corrected chi connectivity index (χ1v) is 27.2. The summed E-state index contributed by atoms with van der Waals surface area (Å²) < 4.78 is 7.30. The van der Waals surface area contributed by atoms with Gasteiger partial charge in [0.2, 0.25) is 11.9 Å². The lowest BCUT2D eigenvalue weighted by molar-refractivity contribution is 0.590. The van der Waals surface area contributed by atoms with Crippen LogP contribution in [0.4, 0.5) is 0 Å². The molecular weight excluding hydrogens is 894 g/mol. The van der Waals surface area contributed by atoms with Crippen molar-refractivity contribution in [3.8, 4) is 29.0 Å². The Balaban J connectivity index is 1.36. The summed E-state index contributed by atoms with van der Waals surface area (Å²) in [6.07, 6.45) is 0. The van der Waals surface area contributed by atoms with Crippen LogP contribution >= 0.6 is 0 Å². The van der Waals surface area contributed by atoms with Gasteiger partial charge in [0.1, 0.15) is 126 Å². The summed E-state index contributed by atoms with van der Waals surface area (Å²) in [7, 11) is 36.7. The molecule has 0 saturated heterocycles. The predicted octanol–water partition coefficient (Wildman–Crippen LogP) is -14.4. The van der Waals surface area contributed by atoms with E-state index in [1.54, 1.807) is 0 Å². The summed E-state index contributed by atoms with van der Waals surface area (Å²) in [5.74, 6) is 1.84. The van der Waals surface area contributed by atoms with Gasteiger partial charge in [0, 0.05) is 38.4 Å². The van der Waals surface area contributed by atoms with Crippen LogP contribution in [0.1, 0.15) is 52.7 Å². The lowest BCUT2D eigenvalue weighted by atomic mass is 9.63. The van der Waals surface area contributed by atoms with Crippen molar-refractivity contribution in [2.24, 2.45) is 0 Å². The molecule has 0 radical (unpaired) electrons. The van der Waals surface area contributed by atoms with Crippen LogP contribution < -0.4 is 87.4 Å². The fourth-order valence-corrected chi connectivity index (χ4v) is 12.9. The van der Waals surface area contributed by atoms with E-state index in [1.807, 2.05) is 0 Å². The Hall–Kier alpha value is -6.01. The van der Waals surface area contributed by atoms with Crippen molar-refractivity contribution in [3.63, 3.8) is 0 Å². The van der Waals surface area contributed by atoms with E-state index >= 15 is 0 Å². The van der Waals surface area contributed by atoms with Crippen LogP contribution in [0.3, 0.4) is 0 Å². The van der Waals surface area contributed by atoms with E-state index < -0.39 is 0 Å². The monoisotopic (exact) mass is 957 g/mol. The summed E-state index contributed by atoms with van der Waals surface area (Å²) >= 11 is 0. The van der Waals surface area contributed by atoms with Gasteiger partial charge in [0.05, 0.1) is 16.7 Å². The zero-order valence-corrected chi connectivity index (χ0v) is 49.0. The molecule has 350 valence electrons. The second kappa shape index (κ2) is 17.3. The predicted molar refractivity (Wildman–Crippen MR) is 377 cm³/mol. The van der Waals surface area contributed by atoms with Gasteiger partial charge in [-0.15, -0.1) is 21.9 Å². The van der Waals surface area contributed by atoms with Gasteiger partial charge < -0.3 is 4.57 Å². The number of hydrogen-bond acceptors (Lipinski definition) is 3. The molecule has 0 saturated carbocycles. The number of aromatic nitrogens is 6. The summed E-state index contributed by atoms with van der Waals surface area (Å²) in [5, 5.41) is 7.60. The van der Waals surface area contributed by atoms with Crippen molar-refractivity contribution in [1.82, 2.24) is 28.7 Å². The molecule has 0 bridgehead atoms. The SMILES string of the molecule is Bc1c(B)c(B)c2c(c1B)c1c(B)c(B)c(B)c(B)c1n2-c1nc(-c2ccccc2-n2c3ccc(C(C)(C)C)cc3c3cc(C(C)(C)C)ccc32)nc(-n2c3c(B)c(B)c(B)c(B)c3c3c(B)c(B)c(B)c(B)c32)n1. The van der Waals surface area contributed by atoms with E-state index in [2.05, 4.69) is 241 Å². The minimum absolute atomic E-state index is 0.0238. The molecule has 0 fully saturated rings. The third kappa shape index (κ3) is 7.19. The number of rotatable bonds is 4. The van der Waals surface area contributed by atoms with Crippen molar-refractivity contribution >= 4 is 278 Å². The minimum Gasteiger partial charge on any atom is -0.309 e. The molecule has 0 aliphatic carbocycles. The molecule has 0 atom stereocenters. The molecule has 0 unspecified atom stereocenters. The second-order valence-electron chi connectivity index (χ2n) is 24.6. The zero-order chi connectivity index (χ0) is 54.1. The highest BCUT2D eigenvalue weighted by Gasteiger charge is 2.30. The van der Waals surface area contributed by atoms with Crippen molar-refractivity contribution in [3.05, 3.63) is 71.8 Å². The van der Waals surface area contributed by atoms with Crippen molar-refractivity contribution in [2.75, 3.05) is 0 Å². The maximum atomic E-state index is 5.89. The summed E-state index contributed by atoms with van der Waals surface area (Å²) in [5.41, 5.74) is 32.1. The van der Waals surface area contributed by atoms with E-state index in [0.717, 1.165) is 44.4 Å². The largest absolute Gasteiger partial charge is 0.309 e. The fourth-order valence-electron chi connectivity index (χ4n) is 12.9. The lowest BCUT2D eigenvalue weighted by Gasteiger charge is -2.20. The molecule has 0 amide bonds. The normalized spacial score (nSPS) is 12.5. The highest BCUT2D eigenvalue weighted by atomic mass is 15.3. The van der Waals surface area contributed by atoms with Gasteiger partial charge in [0.15, 0.2) is 5.82 Å². The number of hydrogen-bond donors (Lipinski definition) is 0. The molecule has 7 aromatic carbocycles. The molecule has 0 N–H and O–H groups in total. The number of para-hydroxylation sites is 1. The topological polar surface area (TPSA) is 53.5 Å². The number of fused-ring (bicyclic) bond motifs is 9. The average molecular weight is 954 g/mol. The van der Waals surface area contributed by atoms with Crippen molar-refractivity contribution in [1.29, 1.82) is 0 Å². The summed E-state index contributed by atoms with van der Waals surface area (Å²) in [4.78, 5) is 17.6. The van der Waals surface area contributed by atoms with E-state index in [-0.39, 0.29) is 10.8 Å². The van der Waals surface area contributed by atoms with Gasteiger partial charge in [-0.3, -0.25) is 9.13 Å². The first-order chi connectivity index (χ1) is 35.2. The first-order valence-electron chi connectivity index (χ1n) is 27.2. The standard InChI is InChI=1S/C53H60B16N6/c1-52(2,3)17-11-13-23-20(15-17)21-16-18(53(4,5)6)12-14-24(21)73(23)22-10-8-7-9-19(22)49-70-50(74-45-25(29(54)33(58)37(62)41(45)66)26-30(55)34(59)38(63)42(67)46(26)74)72-51(71-49)75-47-27(31(56)35(60)39(64)43(47)68)28-32(57)36(61)40(65)44(69)48(28)75/h7-16H,54-69H2,1-6H3. The average Bonchev–Trinajstić information content (AvgIpc) is 4.06. The smallest absolute Gasteiger partial charge is 0.240 e. The lowest BCUT2D eigenvalue weighted by Crippen LogP contribution is -2.49. The summed E-state index contributed by atoms with van der Waals surface area (Å²) in [6.45, 7) is 13.8. The van der Waals surface area contributed by atoms with E-state index in [4.69, 9.17) is 15.0 Å². The Kier molecular flexibility index (Phi) is 11.8. The van der Waals surface area contributed by atoms with E-state index in [0.29, 0.717) is 17.7 Å². The maximum absolute atomic E-state index is 5.89. The Morgan fingerprint density at radius 1 is 0.333 bits per heavy atom. The van der Waals surface area contributed by atoms with Gasteiger partial charge in [-0.1, -0.05) is 131 Å². The molecule has 0 aliphatic heterocycles. The summed E-state index contributed by atoms with van der Waals surface area (Å²) in [6, 6.07) is 22.9. The van der Waals surface area contributed by atoms with Crippen LogP contribution in [0.15, 0.2) is 60.7 Å². The number of nitrogens with zero attached hydrogens (tertiary/aromatic N) is 6. The van der Waals surface area contributed by atoms with Crippen LogP contribution in [-0.2, 0) is 10.8 Å². The fraction of sp³-hybridized carbons (Fsp3) is 0.151. The van der Waals surface area contributed by atoms with Crippen LogP contribution in [-0.4, -0.2) is 154 Å². The van der Waals surface area contributed by atoms with Crippen LogP contribution in [0.25, 0.3) is 94.4 Å². The highest BCUT2D eigenvalue weighted by Crippen LogP contribution is 2.40. The van der Waals surface area contributed by atoms with Crippen molar-refractivity contribution in [2.45, 2.75) is 52.4 Å². The second-order valence-corrected chi connectivity index (χ2v) is 24.6. The molecule has 11 aromatic rings. The third-order valence-corrected chi connectivity index (χ3v) is 18.9. The quantitative estimate of drug-likeness (QED) is 0.165. The molecule has 75 heavy (non-hydrogen) atoms. The van der Waals surface area contributed by atoms with Gasteiger partial charge in [-0.2, -0.15) is 15.0 Å². The zero-order valence-electron chi connectivity index (χ0n) is 49.0. The molecular formula is C53H60B16N6. The van der Waals surface area contributed by atoms with Gasteiger partial charge in [-0.05, 0) is 79.9 Å². The van der Waals surface area contributed by atoms with Gasteiger partial charge in [-0.25, -0.2) is 0 Å². The number of benzene rings is 7. The Labute approximate surface area is 457 Å². The van der Waals surface area contributed by atoms with E-state index in [1.165, 1.54) is 131 Å². The molecule has 6 nitrogen and oxygen atoms in total. The van der Waals surface area contributed by atoms with E-state index in [9.17, 15) is 0 Å². The first kappa shape index (κ1) is 51.1. The molecule has 0 spiro atoms. The molecule has 11 rings (SSSR count).